The predicted molar refractivity (Wildman–Crippen MR) is 64.0 cm³/mol. The van der Waals surface area contributed by atoms with Crippen molar-refractivity contribution in [2.45, 2.75) is 12.8 Å². The molecule has 0 bridgehead atoms. The number of imide groups is 1. The molecule has 17 heavy (non-hydrogen) atoms. The first-order valence-electron chi connectivity index (χ1n) is 4.96. The van der Waals surface area contributed by atoms with E-state index in [1.165, 1.54) is 18.2 Å². The predicted octanol–water partition coefficient (Wildman–Crippen LogP) is 1.11. The molecule has 0 aromatic heterocycles. The van der Waals surface area contributed by atoms with Crippen molar-refractivity contribution in [1.29, 1.82) is 0 Å². The van der Waals surface area contributed by atoms with E-state index in [0.29, 0.717) is 0 Å². The van der Waals surface area contributed by atoms with Crippen LogP contribution in [-0.2, 0) is 9.59 Å². The van der Waals surface area contributed by atoms with Crippen LogP contribution in [0.15, 0.2) is 18.2 Å². The number of benzene rings is 1. The van der Waals surface area contributed by atoms with Crippen molar-refractivity contribution < 1.29 is 14.0 Å². The van der Waals surface area contributed by atoms with Crippen LogP contribution in [0, 0.1) is 5.82 Å². The lowest BCUT2D eigenvalue weighted by Gasteiger charge is -2.17. The number of nitrogens with two attached hydrogens (primary N) is 1. The molecule has 1 fully saturated rings. The number of hydrogen-bond donors (Lipinski definition) is 1. The molecule has 0 atom stereocenters. The minimum atomic E-state index is -0.637. The molecule has 0 spiro atoms. The molecule has 0 unspecified atom stereocenters. The van der Waals surface area contributed by atoms with Gasteiger partial charge in [-0.1, -0.05) is 18.3 Å². The SMILES string of the molecule is NC(=S)c1c(F)cccc1N1C(=O)CCC1=O. The van der Waals surface area contributed by atoms with Gasteiger partial charge in [0.05, 0.1) is 11.3 Å². The van der Waals surface area contributed by atoms with Gasteiger partial charge in [-0.15, -0.1) is 0 Å². The number of hydrogen-bond acceptors (Lipinski definition) is 3. The van der Waals surface area contributed by atoms with Gasteiger partial charge in [0.25, 0.3) is 0 Å². The molecule has 88 valence electrons. The lowest BCUT2D eigenvalue weighted by Crippen LogP contribution is -2.31. The van der Waals surface area contributed by atoms with E-state index < -0.39 is 5.82 Å². The summed E-state index contributed by atoms with van der Waals surface area (Å²) in [5.41, 5.74) is 5.48. The van der Waals surface area contributed by atoms with Gasteiger partial charge in [-0.05, 0) is 12.1 Å². The number of carbonyl (C=O) groups excluding carboxylic acids is 2. The van der Waals surface area contributed by atoms with Crippen molar-refractivity contribution in [3.05, 3.63) is 29.6 Å². The fourth-order valence-electron chi connectivity index (χ4n) is 1.79. The van der Waals surface area contributed by atoms with Gasteiger partial charge in [-0.3, -0.25) is 9.59 Å². The Hall–Kier alpha value is -1.82. The van der Waals surface area contributed by atoms with E-state index in [1.807, 2.05) is 0 Å². The van der Waals surface area contributed by atoms with Crippen LogP contribution in [0.4, 0.5) is 10.1 Å². The Labute approximate surface area is 102 Å². The Morgan fingerprint density at radius 2 is 1.88 bits per heavy atom. The lowest BCUT2D eigenvalue weighted by atomic mass is 10.1. The number of anilines is 1. The molecule has 4 nitrogen and oxygen atoms in total. The third-order valence-corrected chi connectivity index (χ3v) is 2.73. The number of nitrogens with zero attached hydrogens (tertiary/aromatic N) is 1. The smallest absolute Gasteiger partial charge is 0.234 e. The summed E-state index contributed by atoms with van der Waals surface area (Å²) in [5, 5.41) is 0. The minimum Gasteiger partial charge on any atom is -0.389 e. The van der Waals surface area contributed by atoms with Crippen molar-refractivity contribution in [2.24, 2.45) is 5.73 Å². The van der Waals surface area contributed by atoms with Gasteiger partial charge in [0.2, 0.25) is 11.8 Å². The van der Waals surface area contributed by atoms with Crippen molar-refractivity contribution >= 4 is 34.7 Å². The topological polar surface area (TPSA) is 63.4 Å². The van der Waals surface area contributed by atoms with Crippen LogP contribution in [0.25, 0.3) is 0 Å². The fraction of sp³-hybridized carbons (Fsp3) is 0.182. The lowest BCUT2D eigenvalue weighted by molar-refractivity contribution is -0.121. The monoisotopic (exact) mass is 252 g/mol. The fourth-order valence-corrected chi connectivity index (χ4v) is 1.99. The summed E-state index contributed by atoms with van der Waals surface area (Å²) in [4.78, 5) is 23.9. The first kappa shape index (κ1) is 11.7. The van der Waals surface area contributed by atoms with Gasteiger partial charge in [-0.25, -0.2) is 9.29 Å². The van der Waals surface area contributed by atoms with Gasteiger partial charge < -0.3 is 5.73 Å². The molecule has 1 aliphatic rings. The number of thiocarbonyl (C=S) groups is 1. The molecule has 6 heteroatoms. The first-order chi connectivity index (χ1) is 8.02. The normalized spacial score (nSPS) is 15.5. The zero-order valence-electron chi connectivity index (χ0n) is 8.77. The molecule has 1 aromatic rings. The molecule has 1 saturated heterocycles. The molecular weight excluding hydrogens is 243 g/mol. The zero-order valence-corrected chi connectivity index (χ0v) is 9.59. The van der Waals surface area contributed by atoms with E-state index in [4.69, 9.17) is 18.0 Å². The van der Waals surface area contributed by atoms with Crippen molar-refractivity contribution in [3.8, 4) is 0 Å². The molecule has 0 aliphatic carbocycles. The Morgan fingerprint density at radius 3 is 2.41 bits per heavy atom. The highest BCUT2D eigenvalue weighted by atomic mass is 32.1. The Bertz CT molecular complexity index is 514. The Morgan fingerprint density at radius 1 is 1.29 bits per heavy atom. The van der Waals surface area contributed by atoms with Crippen LogP contribution >= 0.6 is 12.2 Å². The van der Waals surface area contributed by atoms with Crippen LogP contribution in [-0.4, -0.2) is 16.8 Å². The summed E-state index contributed by atoms with van der Waals surface area (Å²) in [6.45, 7) is 0. The van der Waals surface area contributed by atoms with E-state index in [0.717, 1.165) is 4.90 Å². The van der Waals surface area contributed by atoms with E-state index in [1.54, 1.807) is 0 Å². The second-order valence-electron chi connectivity index (χ2n) is 3.62. The van der Waals surface area contributed by atoms with Gasteiger partial charge in [0.1, 0.15) is 10.8 Å². The minimum absolute atomic E-state index is 0.0638. The number of halogens is 1. The number of amides is 2. The second kappa shape index (κ2) is 4.21. The largest absolute Gasteiger partial charge is 0.389 e. The summed E-state index contributed by atoms with van der Waals surface area (Å²) in [6.07, 6.45) is 0.262. The van der Waals surface area contributed by atoms with E-state index in [-0.39, 0.29) is 40.9 Å². The second-order valence-corrected chi connectivity index (χ2v) is 4.06. The van der Waals surface area contributed by atoms with Crippen molar-refractivity contribution in [2.75, 3.05) is 4.90 Å². The zero-order chi connectivity index (χ0) is 12.6. The average Bonchev–Trinajstić information content (AvgIpc) is 2.57. The van der Waals surface area contributed by atoms with E-state index in [2.05, 4.69) is 0 Å². The van der Waals surface area contributed by atoms with Gasteiger partial charge in [-0.2, -0.15) is 0 Å². The van der Waals surface area contributed by atoms with Gasteiger partial charge in [0.15, 0.2) is 0 Å². The summed E-state index contributed by atoms with van der Waals surface area (Å²) in [6, 6.07) is 4.05. The van der Waals surface area contributed by atoms with Crippen molar-refractivity contribution in [3.63, 3.8) is 0 Å². The highest BCUT2D eigenvalue weighted by molar-refractivity contribution is 7.80. The van der Waals surface area contributed by atoms with E-state index >= 15 is 0 Å². The van der Waals surface area contributed by atoms with Crippen LogP contribution in [0.1, 0.15) is 18.4 Å². The molecule has 2 N–H and O–H groups in total. The van der Waals surface area contributed by atoms with Crippen molar-refractivity contribution in [1.82, 2.24) is 0 Å². The van der Waals surface area contributed by atoms with Gasteiger partial charge in [0, 0.05) is 12.8 Å². The van der Waals surface area contributed by atoms with E-state index in [9.17, 15) is 14.0 Å². The maximum atomic E-state index is 13.6. The Kier molecular flexibility index (Phi) is 2.89. The molecule has 2 amide bonds. The highest BCUT2D eigenvalue weighted by Gasteiger charge is 2.32. The summed E-state index contributed by atoms with van der Waals surface area (Å²) in [7, 11) is 0. The maximum Gasteiger partial charge on any atom is 0.234 e. The number of rotatable bonds is 2. The maximum absolute atomic E-state index is 13.6. The first-order valence-corrected chi connectivity index (χ1v) is 5.37. The highest BCUT2D eigenvalue weighted by Crippen LogP contribution is 2.27. The molecular formula is C11H9FN2O2S. The van der Waals surface area contributed by atoms with Crippen LogP contribution in [0.3, 0.4) is 0 Å². The Balaban J connectivity index is 2.59. The average molecular weight is 252 g/mol. The molecule has 1 aliphatic heterocycles. The summed E-state index contributed by atoms with van der Waals surface area (Å²) in [5.74, 6) is -1.36. The molecule has 1 heterocycles. The molecule has 0 saturated carbocycles. The standard InChI is InChI=1S/C11H9FN2O2S/c12-6-2-1-3-7(10(6)11(13)17)14-8(15)4-5-9(14)16/h1-3H,4-5H2,(H2,13,17). The third kappa shape index (κ3) is 1.91. The summed E-state index contributed by atoms with van der Waals surface area (Å²) < 4.78 is 13.6. The third-order valence-electron chi connectivity index (χ3n) is 2.53. The summed E-state index contributed by atoms with van der Waals surface area (Å²) >= 11 is 4.74. The molecule has 2 rings (SSSR count). The quantitative estimate of drug-likeness (QED) is 0.632. The molecule has 0 radical (unpaired) electrons. The molecule has 1 aromatic carbocycles. The van der Waals surface area contributed by atoms with Gasteiger partial charge >= 0.3 is 0 Å². The van der Waals surface area contributed by atoms with Crippen LogP contribution < -0.4 is 10.6 Å². The van der Waals surface area contributed by atoms with Crippen LogP contribution in [0.5, 0.6) is 0 Å². The van der Waals surface area contributed by atoms with Crippen LogP contribution in [0.2, 0.25) is 0 Å². The number of carbonyl (C=O) groups is 2.